The predicted octanol–water partition coefficient (Wildman–Crippen LogP) is 5.39. The van der Waals surface area contributed by atoms with Gasteiger partial charge in [0.2, 0.25) is 0 Å². The number of pyridine rings is 1. The zero-order valence-electron chi connectivity index (χ0n) is 20.6. The maximum atomic E-state index is 13.3. The van der Waals surface area contributed by atoms with Crippen molar-refractivity contribution in [3.8, 4) is 16.9 Å². The van der Waals surface area contributed by atoms with E-state index in [1.165, 1.54) is 11.3 Å². The van der Waals surface area contributed by atoms with E-state index in [0.717, 1.165) is 23.1 Å². The van der Waals surface area contributed by atoms with Crippen LogP contribution in [0.2, 0.25) is 5.02 Å². The van der Waals surface area contributed by atoms with Gasteiger partial charge in [-0.05, 0) is 51.0 Å². The first-order chi connectivity index (χ1) is 18.3. The normalized spacial score (nSPS) is 13.3. The highest BCUT2D eigenvalue weighted by atomic mass is 35.5. The van der Waals surface area contributed by atoms with Crippen molar-refractivity contribution in [2.75, 3.05) is 6.61 Å². The summed E-state index contributed by atoms with van der Waals surface area (Å²) in [7, 11) is 0. The lowest BCUT2D eigenvalue weighted by Crippen LogP contribution is -2.27. The number of carboxylic acids is 1. The van der Waals surface area contributed by atoms with Crippen molar-refractivity contribution in [1.82, 2.24) is 24.5 Å². The Balaban J connectivity index is 1.33. The van der Waals surface area contributed by atoms with Gasteiger partial charge in [0.25, 0.3) is 5.56 Å². The number of ether oxygens (including phenoxy) is 1. The largest absolute Gasteiger partial charge is 0.491 e. The molecule has 9 nitrogen and oxygen atoms in total. The Morgan fingerprint density at radius 2 is 1.97 bits per heavy atom. The standard InChI is InChI=1S/C27H22ClN5O4S/c1-13-9-18(24-22(30-13)19(12-38-24)27(35)36)17-10-16(28)5-6-21(17)37-8-7-33-14(2)31-20-11-29-25(15-3-4-15)32-23(20)26(33)34/h5-6,9-12,15H,3-4,7-8H2,1-2H3,(H,35,36). The average molecular weight is 548 g/mol. The van der Waals surface area contributed by atoms with Crippen LogP contribution in [0.1, 0.15) is 46.5 Å². The molecule has 0 radical (unpaired) electrons. The summed E-state index contributed by atoms with van der Waals surface area (Å²) < 4.78 is 8.47. The SMILES string of the molecule is Cc1cc(-c2cc(Cl)ccc2OCCn2c(C)nc3cnc(C4CC4)nc3c2=O)c2scc(C(=O)O)c2n1. The molecular weight excluding hydrogens is 526 g/mol. The van der Waals surface area contributed by atoms with Crippen molar-refractivity contribution >= 4 is 50.2 Å². The van der Waals surface area contributed by atoms with Gasteiger partial charge in [-0.2, -0.15) is 0 Å². The molecule has 5 aromatic rings. The quantitative estimate of drug-likeness (QED) is 0.288. The van der Waals surface area contributed by atoms with Crippen molar-refractivity contribution in [3.05, 3.63) is 74.1 Å². The van der Waals surface area contributed by atoms with Gasteiger partial charge in [0.1, 0.15) is 29.5 Å². The number of hydrogen-bond donors (Lipinski definition) is 1. The Kier molecular flexibility index (Phi) is 6.08. The van der Waals surface area contributed by atoms with Crippen LogP contribution in [-0.4, -0.2) is 42.2 Å². The van der Waals surface area contributed by atoms with Gasteiger partial charge in [0.15, 0.2) is 5.52 Å². The second-order valence-electron chi connectivity index (χ2n) is 9.28. The lowest BCUT2D eigenvalue weighted by Gasteiger charge is -2.15. The summed E-state index contributed by atoms with van der Waals surface area (Å²) in [6.45, 7) is 4.06. The van der Waals surface area contributed by atoms with Gasteiger partial charge in [0.05, 0.1) is 28.5 Å². The summed E-state index contributed by atoms with van der Waals surface area (Å²) in [6, 6.07) is 7.18. The second kappa shape index (κ2) is 9.45. The summed E-state index contributed by atoms with van der Waals surface area (Å²) >= 11 is 7.66. The van der Waals surface area contributed by atoms with Gasteiger partial charge in [-0.25, -0.2) is 19.7 Å². The number of aromatic nitrogens is 5. The zero-order valence-corrected chi connectivity index (χ0v) is 22.1. The minimum Gasteiger partial charge on any atom is -0.491 e. The lowest BCUT2D eigenvalue weighted by molar-refractivity contribution is 0.0699. The number of hydrogen-bond acceptors (Lipinski definition) is 8. The number of aromatic carboxylic acids is 1. The van der Waals surface area contributed by atoms with Crippen molar-refractivity contribution in [1.29, 1.82) is 0 Å². The number of aryl methyl sites for hydroxylation is 2. The van der Waals surface area contributed by atoms with Crippen LogP contribution in [0.25, 0.3) is 32.4 Å². The molecule has 0 amide bonds. The molecule has 1 N–H and O–H groups in total. The van der Waals surface area contributed by atoms with Gasteiger partial charge >= 0.3 is 5.97 Å². The van der Waals surface area contributed by atoms with Crippen molar-refractivity contribution < 1.29 is 14.6 Å². The number of halogens is 1. The number of carbonyl (C=O) groups is 1. The molecular formula is C27H22ClN5O4S. The molecule has 1 aliphatic carbocycles. The molecule has 4 aromatic heterocycles. The fourth-order valence-corrected chi connectivity index (χ4v) is 5.70. The van der Waals surface area contributed by atoms with Crippen LogP contribution < -0.4 is 10.3 Å². The highest BCUT2D eigenvalue weighted by Gasteiger charge is 2.27. The average Bonchev–Trinajstić information content (AvgIpc) is 3.65. The molecule has 1 saturated carbocycles. The van der Waals surface area contributed by atoms with Crippen molar-refractivity contribution in [2.45, 2.75) is 39.2 Å². The van der Waals surface area contributed by atoms with E-state index in [2.05, 4.69) is 19.9 Å². The fraction of sp³-hybridized carbons (Fsp3) is 0.259. The smallest absolute Gasteiger partial charge is 0.338 e. The Morgan fingerprint density at radius 1 is 1.16 bits per heavy atom. The Hall–Kier alpha value is -3.89. The summed E-state index contributed by atoms with van der Waals surface area (Å²) in [4.78, 5) is 42.8. The molecule has 6 rings (SSSR count). The number of fused-ring (bicyclic) bond motifs is 2. The van der Waals surface area contributed by atoms with Crippen molar-refractivity contribution in [3.63, 3.8) is 0 Å². The monoisotopic (exact) mass is 547 g/mol. The number of carboxylic acid groups (broad SMARTS) is 1. The van der Waals surface area contributed by atoms with Gasteiger partial charge in [0, 0.05) is 33.1 Å². The Bertz CT molecular complexity index is 1810. The van der Waals surface area contributed by atoms with E-state index >= 15 is 0 Å². The minimum atomic E-state index is -1.03. The van der Waals surface area contributed by atoms with Crippen molar-refractivity contribution in [2.24, 2.45) is 0 Å². The molecule has 0 bridgehead atoms. The molecule has 0 saturated heterocycles. The van der Waals surface area contributed by atoms with E-state index in [0.29, 0.717) is 56.1 Å². The number of thiophene rings is 1. The Morgan fingerprint density at radius 3 is 2.74 bits per heavy atom. The van der Waals surface area contributed by atoms with Crippen LogP contribution in [0.3, 0.4) is 0 Å². The summed E-state index contributed by atoms with van der Waals surface area (Å²) in [5.74, 6) is 1.12. The molecule has 1 fully saturated rings. The summed E-state index contributed by atoms with van der Waals surface area (Å²) in [5.41, 5.74) is 3.36. The van der Waals surface area contributed by atoms with Crippen LogP contribution in [-0.2, 0) is 6.54 Å². The molecule has 0 unspecified atom stereocenters. The third-order valence-electron chi connectivity index (χ3n) is 6.54. The summed E-state index contributed by atoms with van der Waals surface area (Å²) in [5, 5.41) is 11.7. The maximum absolute atomic E-state index is 13.3. The second-order valence-corrected chi connectivity index (χ2v) is 10.6. The van der Waals surface area contributed by atoms with Gasteiger partial charge in [-0.3, -0.25) is 14.3 Å². The highest BCUT2D eigenvalue weighted by molar-refractivity contribution is 7.18. The van der Waals surface area contributed by atoms with E-state index in [9.17, 15) is 14.7 Å². The van der Waals surface area contributed by atoms with Gasteiger partial charge in [-0.1, -0.05) is 11.6 Å². The van der Waals surface area contributed by atoms with Crippen LogP contribution in [0.15, 0.2) is 40.6 Å². The first-order valence-electron chi connectivity index (χ1n) is 12.1. The van der Waals surface area contributed by atoms with E-state index < -0.39 is 5.97 Å². The van der Waals surface area contributed by atoms with Crippen LogP contribution in [0.4, 0.5) is 0 Å². The van der Waals surface area contributed by atoms with Crippen LogP contribution in [0.5, 0.6) is 5.75 Å². The summed E-state index contributed by atoms with van der Waals surface area (Å²) in [6.07, 6.45) is 3.72. The molecule has 0 spiro atoms. The third kappa shape index (κ3) is 4.39. The molecule has 0 atom stereocenters. The highest BCUT2D eigenvalue weighted by Crippen LogP contribution is 2.40. The van der Waals surface area contributed by atoms with E-state index in [4.69, 9.17) is 16.3 Å². The Labute approximate surface area is 225 Å². The van der Waals surface area contributed by atoms with Gasteiger partial charge in [-0.15, -0.1) is 11.3 Å². The van der Waals surface area contributed by atoms with E-state index in [1.807, 2.05) is 13.0 Å². The molecule has 0 aliphatic heterocycles. The topological polar surface area (TPSA) is 120 Å². The van der Waals surface area contributed by atoms with Gasteiger partial charge < -0.3 is 9.84 Å². The van der Waals surface area contributed by atoms with E-state index in [1.54, 1.807) is 41.3 Å². The molecule has 192 valence electrons. The number of benzene rings is 1. The molecule has 38 heavy (non-hydrogen) atoms. The van der Waals surface area contributed by atoms with Crippen LogP contribution >= 0.6 is 22.9 Å². The maximum Gasteiger partial charge on any atom is 0.338 e. The zero-order chi connectivity index (χ0) is 26.6. The first-order valence-corrected chi connectivity index (χ1v) is 13.3. The fourth-order valence-electron chi connectivity index (χ4n) is 4.51. The molecule has 1 aliphatic rings. The predicted molar refractivity (Wildman–Crippen MR) is 146 cm³/mol. The lowest BCUT2D eigenvalue weighted by atomic mass is 10.0. The molecule has 11 heteroatoms. The molecule has 4 heterocycles. The van der Waals surface area contributed by atoms with Crippen LogP contribution in [0, 0.1) is 13.8 Å². The van der Waals surface area contributed by atoms with E-state index in [-0.39, 0.29) is 24.3 Å². The first kappa shape index (κ1) is 24.4. The minimum absolute atomic E-state index is 0.159. The number of rotatable bonds is 7. The third-order valence-corrected chi connectivity index (χ3v) is 7.77. The number of nitrogens with zero attached hydrogens (tertiary/aromatic N) is 5. The molecule has 1 aromatic carbocycles.